The van der Waals surface area contributed by atoms with Gasteiger partial charge in [-0.3, -0.25) is 0 Å². The Morgan fingerprint density at radius 2 is 1.52 bits per heavy atom. The first-order chi connectivity index (χ1) is 11.3. The summed E-state index contributed by atoms with van der Waals surface area (Å²) in [4.78, 5) is 7.02. The molecule has 2 nitrogen and oxygen atoms in total. The molecular formula is C21H22N2. The third kappa shape index (κ3) is 3.59. The Morgan fingerprint density at radius 1 is 0.870 bits per heavy atom. The standard InChI is InChI=1S/C21H22N2/c1-17-10-9-15-22-21(17)23(16-19-11-5-3-6-12-19)18(2)20-13-7-4-8-14-20/h3-15,18H,16H2,1-2H3. The highest BCUT2D eigenvalue weighted by Crippen LogP contribution is 2.29. The van der Waals surface area contributed by atoms with Gasteiger partial charge in [0.1, 0.15) is 5.82 Å². The van der Waals surface area contributed by atoms with Crippen molar-refractivity contribution in [1.82, 2.24) is 4.98 Å². The molecule has 2 heteroatoms. The Labute approximate surface area is 138 Å². The van der Waals surface area contributed by atoms with E-state index < -0.39 is 0 Å². The van der Waals surface area contributed by atoms with Gasteiger partial charge < -0.3 is 4.90 Å². The van der Waals surface area contributed by atoms with Crippen LogP contribution >= 0.6 is 0 Å². The van der Waals surface area contributed by atoms with Crippen molar-refractivity contribution in [2.24, 2.45) is 0 Å². The van der Waals surface area contributed by atoms with Crippen LogP contribution in [0.1, 0.15) is 29.7 Å². The Morgan fingerprint density at radius 3 is 2.17 bits per heavy atom. The van der Waals surface area contributed by atoms with Gasteiger partial charge >= 0.3 is 0 Å². The Balaban J connectivity index is 1.98. The van der Waals surface area contributed by atoms with Crippen LogP contribution in [0.5, 0.6) is 0 Å². The topological polar surface area (TPSA) is 16.1 Å². The van der Waals surface area contributed by atoms with E-state index in [1.54, 1.807) is 0 Å². The van der Waals surface area contributed by atoms with Crippen molar-refractivity contribution in [1.29, 1.82) is 0 Å². The van der Waals surface area contributed by atoms with E-state index in [1.165, 1.54) is 16.7 Å². The van der Waals surface area contributed by atoms with Crippen LogP contribution in [0.2, 0.25) is 0 Å². The lowest BCUT2D eigenvalue weighted by Crippen LogP contribution is -2.27. The largest absolute Gasteiger partial charge is 0.345 e. The second kappa shape index (κ2) is 7.10. The van der Waals surface area contributed by atoms with Gasteiger partial charge in [0, 0.05) is 12.7 Å². The predicted octanol–water partition coefficient (Wildman–Crippen LogP) is 5.16. The number of benzene rings is 2. The molecular weight excluding hydrogens is 280 g/mol. The number of anilines is 1. The number of nitrogens with zero attached hydrogens (tertiary/aromatic N) is 2. The number of hydrogen-bond acceptors (Lipinski definition) is 2. The molecule has 0 aliphatic carbocycles. The van der Waals surface area contributed by atoms with Crippen molar-refractivity contribution in [3.63, 3.8) is 0 Å². The molecule has 116 valence electrons. The van der Waals surface area contributed by atoms with Crippen LogP contribution in [0.25, 0.3) is 0 Å². The van der Waals surface area contributed by atoms with Crippen LogP contribution in [0.4, 0.5) is 5.82 Å². The number of pyridine rings is 1. The highest BCUT2D eigenvalue weighted by atomic mass is 15.2. The molecule has 0 saturated heterocycles. The fourth-order valence-electron chi connectivity index (χ4n) is 2.86. The van der Waals surface area contributed by atoms with Crippen LogP contribution in [0.15, 0.2) is 79.0 Å². The van der Waals surface area contributed by atoms with Gasteiger partial charge in [-0.15, -0.1) is 0 Å². The molecule has 0 N–H and O–H groups in total. The first kappa shape index (κ1) is 15.3. The van der Waals surface area contributed by atoms with E-state index in [2.05, 4.69) is 90.5 Å². The number of rotatable bonds is 5. The SMILES string of the molecule is Cc1cccnc1N(Cc1ccccc1)C(C)c1ccccc1. The molecule has 0 radical (unpaired) electrons. The van der Waals surface area contributed by atoms with E-state index in [1.807, 2.05) is 12.3 Å². The fourth-order valence-corrected chi connectivity index (χ4v) is 2.86. The molecule has 23 heavy (non-hydrogen) atoms. The quantitative estimate of drug-likeness (QED) is 0.647. The monoisotopic (exact) mass is 302 g/mol. The van der Waals surface area contributed by atoms with Crippen LogP contribution in [0, 0.1) is 6.92 Å². The Kier molecular flexibility index (Phi) is 4.72. The van der Waals surface area contributed by atoms with Gasteiger partial charge in [0.2, 0.25) is 0 Å². The van der Waals surface area contributed by atoms with Crippen molar-refractivity contribution in [3.8, 4) is 0 Å². The van der Waals surface area contributed by atoms with Crippen molar-refractivity contribution >= 4 is 5.82 Å². The van der Waals surface area contributed by atoms with E-state index in [-0.39, 0.29) is 6.04 Å². The molecule has 3 aromatic rings. The van der Waals surface area contributed by atoms with E-state index in [0.717, 1.165) is 12.4 Å². The summed E-state index contributed by atoms with van der Waals surface area (Å²) in [5.41, 5.74) is 3.79. The lowest BCUT2D eigenvalue weighted by atomic mass is 10.0. The summed E-state index contributed by atoms with van der Waals surface area (Å²) in [7, 11) is 0. The van der Waals surface area contributed by atoms with E-state index in [0.29, 0.717) is 0 Å². The lowest BCUT2D eigenvalue weighted by molar-refractivity contribution is 0.657. The number of hydrogen-bond donors (Lipinski definition) is 0. The summed E-state index contributed by atoms with van der Waals surface area (Å²) in [6, 6.07) is 25.6. The Bertz CT molecular complexity index is 738. The van der Waals surface area contributed by atoms with Gasteiger partial charge in [-0.1, -0.05) is 66.7 Å². The highest BCUT2D eigenvalue weighted by molar-refractivity contribution is 5.49. The third-order valence-corrected chi connectivity index (χ3v) is 4.20. The van der Waals surface area contributed by atoms with Gasteiger partial charge in [0.05, 0.1) is 6.04 Å². The van der Waals surface area contributed by atoms with Gasteiger partial charge in [0.25, 0.3) is 0 Å². The average Bonchev–Trinajstić information content (AvgIpc) is 2.61. The summed E-state index contributed by atoms with van der Waals surface area (Å²) in [6.45, 7) is 5.21. The first-order valence-electron chi connectivity index (χ1n) is 8.03. The van der Waals surface area contributed by atoms with Gasteiger partial charge in [0.15, 0.2) is 0 Å². The summed E-state index contributed by atoms with van der Waals surface area (Å²) in [5, 5.41) is 0. The molecule has 0 fully saturated rings. The molecule has 0 spiro atoms. The van der Waals surface area contributed by atoms with Crippen LogP contribution in [0.3, 0.4) is 0 Å². The van der Waals surface area contributed by atoms with Crippen molar-refractivity contribution < 1.29 is 0 Å². The zero-order chi connectivity index (χ0) is 16.1. The molecule has 0 aliphatic heterocycles. The molecule has 0 aliphatic rings. The van der Waals surface area contributed by atoms with Crippen LogP contribution in [-0.4, -0.2) is 4.98 Å². The summed E-state index contributed by atoms with van der Waals surface area (Å²) in [5.74, 6) is 1.05. The minimum absolute atomic E-state index is 0.255. The van der Waals surface area contributed by atoms with Crippen LogP contribution < -0.4 is 4.90 Å². The van der Waals surface area contributed by atoms with E-state index in [9.17, 15) is 0 Å². The predicted molar refractivity (Wildman–Crippen MR) is 96.5 cm³/mol. The molecule has 0 amide bonds. The molecule has 1 aromatic heterocycles. The molecule has 1 atom stereocenters. The van der Waals surface area contributed by atoms with E-state index in [4.69, 9.17) is 0 Å². The number of aromatic nitrogens is 1. The third-order valence-electron chi connectivity index (χ3n) is 4.20. The Hall–Kier alpha value is -2.61. The summed E-state index contributed by atoms with van der Waals surface area (Å²) < 4.78 is 0. The fraction of sp³-hybridized carbons (Fsp3) is 0.190. The average molecular weight is 302 g/mol. The van der Waals surface area contributed by atoms with Crippen LogP contribution in [-0.2, 0) is 6.54 Å². The molecule has 1 unspecified atom stereocenters. The summed E-state index contributed by atoms with van der Waals surface area (Å²) in [6.07, 6.45) is 1.87. The first-order valence-corrected chi connectivity index (χ1v) is 8.03. The molecule has 1 heterocycles. The van der Waals surface area contributed by atoms with E-state index >= 15 is 0 Å². The second-order valence-electron chi connectivity index (χ2n) is 5.84. The highest BCUT2D eigenvalue weighted by Gasteiger charge is 2.19. The minimum atomic E-state index is 0.255. The maximum absolute atomic E-state index is 4.65. The second-order valence-corrected chi connectivity index (χ2v) is 5.84. The minimum Gasteiger partial charge on any atom is -0.345 e. The van der Waals surface area contributed by atoms with Crippen molar-refractivity contribution in [3.05, 3.63) is 95.7 Å². The maximum atomic E-state index is 4.65. The van der Waals surface area contributed by atoms with Gasteiger partial charge in [-0.2, -0.15) is 0 Å². The molecule has 3 rings (SSSR count). The van der Waals surface area contributed by atoms with Crippen molar-refractivity contribution in [2.75, 3.05) is 4.90 Å². The zero-order valence-corrected chi connectivity index (χ0v) is 13.7. The normalized spacial score (nSPS) is 11.9. The van der Waals surface area contributed by atoms with Crippen molar-refractivity contribution in [2.45, 2.75) is 26.4 Å². The number of aryl methyl sites for hydroxylation is 1. The molecule has 0 bridgehead atoms. The summed E-state index contributed by atoms with van der Waals surface area (Å²) >= 11 is 0. The van der Waals surface area contributed by atoms with Gasteiger partial charge in [-0.05, 0) is 36.6 Å². The molecule has 2 aromatic carbocycles. The van der Waals surface area contributed by atoms with Gasteiger partial charge in [-0.25, -0.2) is 4.98 Å². The smallest absolute Gasteiger partial charge is 0.132 e. The molecule has 0 saturated carbocycles. The lowest BCUT2D eigenvalue weighted by Gasteiger charge is -2.32. The maximum Gasteiger partial charge on any atom is 0.132 e. The zero-order valence-electron chi connectivity index (χ0n) is 13.7.